The quantitative estimate of drug-likeness (QED) is 0.766. The van der Waals surface area contributed by atoms with Gasteiger partial charge in [0, 0.05) is 5.56 Å². The number of halogens is 1. The van der Waals surface area contributed by atoms with Gasteiger partial charge in [-0.15, -0.1) is 0 Å². The Kier molecular flexibility index (Phi) is 4.56. The van der Waals surface area contributed by atoms with Crippen LogP contribution in [0.1, 0.15) is 22.3 Å². The molecule has 80 valence electrons. The van der Waals surface area contributed by atoms with E-state index in [1.807, 2.05) is 6.07 Å². The van der Waals surface area contributed by atoms with E-state index in [1.165, 1.54) is 0 Å². The summed E-state index contributed by atoms with van der Waals surface area (Å²) < 4.78 is 6.04. The van der Waals surface area contributed by atoms with Crippen LogP contribution in [0.5, 0.6) is 5.75 Å². The number of aryl methyl sites for hydroxylation is 1. The van der Waals surface area contributed by atoms with Crippen LogP contribution < -0.4 is 4.74 Å². The zero-order chi connectivity index (χ0) is 11.3. The van der Waals surface area contributed by atoms with Crippen LogP contribution in [0.25, 0.3) is 0 Å². The van der Waals surface area contributed by atoms with E-state index in [2.05, 4.69) is 22.5 Å². The van der Waals surface area contributed by atoms with Gasteiger partial charge < -0.3 is 4.74 Å². The van der Waals surface area contributed by atoms with Crippen LogP contribution in [0, 0.1) is 0 Å². The van der Waals surface area contributed by atoms with Gasteiger partial charge >= 0.3 is 0 Å². The topological polar surface area (TPSA) is 26.3 Å². The van der Waals surface area contributed by atoms with Crippen molar-refractivity contribution in [3.8, 4) is 5.75 Å². The molecule has 0 radical (unpaired) electrons. The third-order valence-electron chi connectivity index (χ3n) is 2.14. The summed E-state index contributed by atoms with van der Waals surface area (Å²) in [5, 5.41) is 0. The normalized spacial score (nSPS) is 9.73. The highest BCUT2D eigenvalue weighted by atomic mass is 79.9. The van der Waals surface area contributed by atoms with Gasteiger partial charge in [0.25, 0.3) is 0 Å². The largest absolute Gasteiger partial charge is 0.497 e. The minimum Gasteiger partial charge on any atom is -0.497 e. The Hall–Kier alpha value is -1.09. The van der Waals surface area contributed by atoms with Crippen LogP contribution in [0.4, 0.5) is 0 Å². The van der Waals surface area contributed by atoms with Crippen LogP contribution in [-0.2, 0) is 6.42 Å². The highest BCUT2D eigenvalue weighted by Crippen LogP contribution is 2.20. The van der Waals surface area contributed by atoms with E-state index >= 15 is 0 Å². The third kappa shape index (κ3) is 3.51. The van der Waals surface area contributed by atoms with Gasteiger partial charge in [0.1, 0.15) is 12.0 Å². The molecule has 0 fully saturated rings. The zero-order valence-electron chi connectivity index (χ0n) is 8.63. The molecule has 0 saturated heterocycles. The number of hydrogen-bond donors (Lipinski definition) is 0. The maximum Gasteiger partial charge on any atom is 0.150 e. The van der Waals surface area contributed by atoms with E-state index in [1.54, 1.807) is 19.2 Å². The number of ether oxygens (including phenoxy) is 1. The number of hydrogen-bond acceptors (Lipinski definition) is 2. The number of carbonyl (C=O) groups is 1. The molecule has 3 heteroatoms. The molecule has 0 N–H and O–H groups in total. The highest BCUT2D eigenvalue weighted by molar-refractivity contribution is 9.11. The first kappa shape index (κ1) is 12.0. The molecule has 2 nitrogen and oxygen atoms in total. The van der Waals surface area contributed by atoms with Crippen LogP contribution in [-0.4, -0.2) is 13.4 Å². The lowest BCUT2D eigenvalue weighted by Crippen LogP contribution is -1.94. The molecule has 0 aliphatic heterocycles. The molecule has 1 aromatic rings. The highest BCUT2D eigenvalue weighted by Gasteiger charge is 2.04. The standard InChI is InChI=1S/C12H13BrO2/c1-9(13)3-4-10-7-12(15-2)6-5-11(10)8-14/h5-8H,1,3-4H2,2H3. The predicted molar refractivity (Wildman–Crippen MR) is 64.8 cm³/mol. The smallest absolute Gasteiger partial charge is 0.150 e. The Morgan fingerprint density at radius 2 is 2.33 bits per heavy atom. The van der Waals surface area contributed by atoms with Crippen molar-refractivity contribution in [2.75, 3.05) is 7.11 Å². The first-order valence-electron chi connectivity index (χ1n) is 4.62. The predicted octanol–water partition coefficient (Wildman–Crippen LogP) is 3.35. The summed E-state index contributed by atoms with van der Waals surface area (Å²) in [6, 6.07) is 5.45. The van der Waals surface area contributed by atoms with E-state index in [0.717, 1.165) is 34.9 Å². The van der Waals surface area contributed by atoms with Gasteiger partial charge in [-0.25, -0.2) is 0 Å². The molecule has 0 aliphatic carbocycles. The van der Waals surface area contributed by atoms with Crippen molar-refractivity contribution in [1.82, 2.24) is 0 Å². The fourth-order valence-corrected chi connectivity index (χ4v) is 1.51. The first-order valence-corrected chi connectivity index (χ1v) is 5.42. The summed E-state index contributed by atoms with van der Waals surface area (Å²) in [6.45, 7) is 3.77. The van der Waals surface area contributed by atoms with Crippen LogP contribution >= 0.6 is 15.9 Å². The van der Waals surface area contributed by atoms with Crippen molar-refractivity contribution in [2.45, 2.75) is 12.8 Å². The average molecular weight is 269 g/mol. The molecule has 0 spiro atoms. The second-order valence-corrected chi connectivity index (χ2v) is 4.32. The van der Waals surface area contributed by atoms with E-state index < -0.39 is 0 Å². The van der Waals surface area contributed by atoms with Gasteiger partial charge in [0.05, 0.1) is 7.11 Å². The Bertz CT molecular complexity index is 372. The Balaban J connectivity index is 2.90. The van der Waals surface area contributed by atoms with E-state index in [-0.39, 0.29) is 0 Å². The Labute approximate surface area is 98.1 Å². The number of benzene rings is 1. The SMILES string of the molecule is C=C(Br)CCc1cc(OC)ccc1C=O. The first-order chi connectivity index (χ1) is 7.17. The number of carbonyl (C=O) groups excluding carboxylic acids is 1. The van der Waals surface area contributed by atoms with E-state index in [0.29, 0.717) is 5.56 Å². The number of aldehydes is 1. The van der Waals surface area contributed by atoms with Gasteiger partial charge in [-0.05, 0) is 41.1 Å². The Morgan fingerprint density at radius 3 is 2.87 bits per heavy atom. The van der Waals surface area contributed by atoms with Crippen molar-refractivity contribution < 1.29 is 9.53 Å². The molecule has 0 amide bonds. The van der Waals surface area contributed by atoms with E-state index in [4.69, 9.17) is 4.74 Å². The lowest BCUT2D eigenvalue weighted by atomic mass is 10.0. The molecular formula is C12H13BrO2. The van der Waals surface area contributed by atoms with E-state index in [9.17, 15) is 4.79 Å². The number of allylic oxidation sites excluding steroid dienone is 1. The second kappa shape index (κ2) is 5.71. The fraction of sp³-hybridized carbons (Fsp3) is 0.250. The van der Waals surface area contributed by atoms with Crippen LogP contribution in [0.15, 0.2) is 29.3 Å². The van der Waals surface area contributed by atoms with Gasteiger partial charge in [-0.2, -0.15) is 0 Å². The van der Waals surface area contributed by atoms with Crippen molar-refractivity contribution in [3.05, 3.63) is 40.4 Å². The molecule has 0 aliphatic rings. The maximum absolute atomic E-state index is 10.8. The summed E-state index contributed by atoms with van der Waals surface area (Å²) in [7, 11) is 1.61. The minimum absolute atomic E-state index is 0.713. The molecule has 15 heavy (non-hydrogen) atoms. The van der Waals surface area contributed by atoms with Crippen LogP contribution in [0.2, 0.25) is 0 Å². The Morgan fingerprint density at radius 1 is 1.60 bits per heavy atom. The minimum atomic E-state index is 0.713. The van der Waals surface area contributed by atoms with Gasteiger partial charge in [0.2, 0.25) is 0 Å². The van der Waals surface area contributed by atoms with Crippen LogP contribution in [0.3, 0.4) is 0 Å². The zero-order valence-corrected chi connectivity index (χ0v) is 10.2. The molecule has 0 bridgehead atoms. The second-order valence-electron chi connectivity index (χ2n) is 3.20. The average Bonchev–Trinajstić information content (AvgIpc) is 2.25. The molecule has 0 heterocycles. The molecular weight excluding hydrogens is 256 g/mol. The molecule has 0 aromatic heterocycles. The molecule has 1 aromatic carbocycles. The summed E-state index contributed by atoms with van der Waals surface area (Å²) in [6.07, 6.45) is 2.47. The fourth-order valence-electron chi connectivity index (χ4n) is 1.31. The monoisotopic (exact) mass is 268 g/mol. The summed E-state index contributed by atoms with van der Waals surface area (Å²) >= 11 is 3.30. The summed E-state index contributed by atoms with van der Waals surface area (Å²) in [5.74, 6) is 0.774. The summed E-state index contributed by atoms with van der Waals surface area (Å²) in [5.41, 5.74) is 1.70. The molecule has 0 atom stereocenters. The number of rotatable bonds is 5. The lowest BCUT2D eigenvalue weighted by Gasteiger charge is -2.06. The maximum atomic E-state index is 10.8. The van der Waals surface area contributed by atoms with Gasteiger partial charge in [-0.1, -0.05) is 22.5 Å². The van der Waals surface area contributed by atoms with Crippen molar-refractivity contribution in [3.63, 3.8) is 0 Å². The molecule has 1 rings (SSSR count). The summed E-state index contributed by atoms with van der Waals surface area (Å²) in [4.78, 5) is 10.8. The van der Waals surface area contributed by atoms with Gasteiger partial charge in [0.15, 0.2) is 0 Å². The third-order valence-corrected chi connectivity index (χ3v) is 2.54. The molecule has 0 saturated carbocycles. The van der Waals surface area contributed by atoms with Crippen molar-refractivity contribution in [2.24, 2.45) is 0 Å². The molecule has 0 unspecified atom stereocenters. The van der Waals surface area contributed by atoms with Crippen molar-refractivity contribution in [1.29, 1.82) is 0 Å². The number of methoxy groups -OCH3 is 1. The lowest BCUT2D eigenvalue weighted by molar-refractivity contribution is 0.112. The van der Waals surface area contributed by atoms with Crippen molar-refractivity contribution >= 4 is 22.2 Å². The van der Waals surface area contributed by atoms with Gasteiger partial charge in [-0.3, -0.25) is 4.79 Å².